The summed E-state index contributed by atoms with van der Waals surface area (Å²) in [7, 11) is 0. The van der Waals surface area contributed by atoms with Crippen LogP contribution in [0.2, 0.25) is 0 Å². The second-order valence-corrected chi connectivity index (χ2v) is 3.37. The third kappa shape index (κ3) is 3.26. The van der Waals surface area contributed by atoms with Crippen molar-refractivity contribution >= 4 is 6.29 Å². The van der Waals surface area contributed by atoms with Crippen LogP contribution < -0.4 is 0 Å². The smallest absolute Gasteiger partial charge is 0.392 e. The summed E-state index contributed by atoms with van der Waals surface area (Å²) in [6.45, 7) is 0. The maximum absolute atomic E-state index is 11.8. The monoisotopic (exact) mass is 212 g/mol. The molecular formula is C8H11F3O3. The first kappa shape index (κ1) is 11.5. The van der Waals surface area contributed by atoms with Crippen molar-refractivity contribution in [2.45, 2.75) is 37.8 Å². The lowest BCUT2D eigenvalue weighted by molar-refractivity contribution is -0.347. The van der Waals surface area contributed by atoms with Gasteiger partial charge in [-0.15, -0.1) is 13.2 Å². The molecule has 3 unspecified atom stereocenters. The van der Waals surface area contributed by atoms with Gasteiger partial charge in [-0.3, -0.25) is 4.74 Å². The molecule has 0 bridgehead atoms. The third-order valence-corrected chi connectivity index (χ3v) is 2.29. The number of aldehydes is 1. The van der Waals surface area contributed by atoms with Gasteiger partial charge in [-0.1, -0.05) is 0 Å². The van der Waals surface area contributed by atoms with Crippen molar-refractivity contribution in [1.82, 2.24) is 0 Å². The summed E-state index contributed by atoms with van der Waals surface area (Å²) in [5.41, 5.74) is 0. The lowest BCUT2D eigenvalue weighted by Crippen LogP contribution is -2.36. The molecule has 1 aliphatic rings. The molecule has 3 nitrogen and oxygen atoms in total. The van der Waals surface area contributed by atoms with Gasteiger partial charge >= 0.3 is 6.36 Å². The van der Waals surface area contributed by atoms with Crippen LogP contribution in [0, 0.1) is 5.92 Å². The molecule has 0 spiro atoms. The quantitative estimate of drug-likeness (QED) is 0.701. The van der Waals surface area contributed by atoms with Gasteiger partial charge in [0.1, 0.15) is 6.29 Å². The average molecular weight is 212 g/mol. The molecule has 14 heavy (non-hydrogen) atoms. The molecule has 1 aliphatic carbocycles. The summed E-state index contributed by atoms with van der Waals surface area (Å²) >= 11 is 0. The highest BCUT2D eigenvalue weighted by Gasteiger charge is 2.38. The number of rotatable bonds is 2. The predicted molar refractivity (Wildman–Crippen MR) is 40.3 cm³/mol. The Hall–Kier alpha value is -0.620. The second-order valence-electron chi connectivity index (χ2n) is 3.37. The highest BCUT2D eigenvalue weighted by molar-refractivity contribution is 5.54. The molecule has 0 heterocycles. The van der Waals surface area contributed by atoms with E-state index in [2.05, 4.69) is 4.74 Å². The van der Waals surface area contributed by atoms with E-state index in [0.29, 0.717) is 6.29 Å². The SMILES string of the molecule is O=CC1CC(OC(F)(F)F)CCC1O. The number of alkyl halides is 3. The Bertz CT molecular complexity index is 204. The summed E-state index contributed by atoms with van der Waals surface area (Å²) < 4.78 is 39.2. The predicted octanol–water partition coefficient (Wildman–Crippen LogP) is 1.25. The number of aliphatic hydroxyl groups is 1. The first-order valence-corrected chi connectivity index (χ1v) is 4.30. The Balaban J connectivity index is 2.46. The van der Waals surface area contributed by atoms with Crippen molar-refractivity contribution in [2.24, 2.45) is 5.92 Å². The van der Waals surface area contributed by atoms with Gasteiger partial charge in [0.25, 0.3) is 0 Å². The van der Waals surface area contributed by atoms with Gasteiger partial charge in [0.15, 0.2) is 0 Å². The van der Waals surface area contributed by atoms with E-state index in [-0.39, 0.29) is 19.3 Å². The fraction of sp³-hybridized carbons (Fsp3) is 0.875. The van der Waals surface area contributed by atoms with Crippen LogP contribution in [-0.2, 0) is 9.53 Å². The lowest BCUT2D eigenvalue weighted by Gasteiger charge is -2.30. The molecular weight excluding hydrogens is 201 g/mol. The van der Waals surface area contributed by atoms with E-state index in [1.807, 2.05) is 0 Å². The van der Waals surface area contributed by atoms with Crippen molar-refractivity contribution < 1.29 is 27.8 Å². The Kier molecular flexibility index (Phi) is 3.49. The van der Waals surface area contributed by atoms with E-state index in [1.54, 1.807) is 0 Å². The number of aliphatic hydroxyl groups excluding tert-OH is 1. The van der Waals surface area contributed by atoms with Gasteiger partial charge in [-0.25, -0.2) is 0 Å². The number of hydrogen-bond acceptors (Lipinski definition) is 3. The van der Waals surface area contributed by atoms with E-state index in [9.17, 15) is 23.1 Å². The number of halogens is 3. The van der Waals surface area contributed by atoms with Crippen molar-refractivity contribution in [3.63, 3.8) is 0 Å². The fourth-order valence-electron chi connectivity index (χ4n) is 1.59. The van der Waals surface area contributed by atoms with Crippen LogP contribution in [0.1, 0.15) is 19.3 Å². The molecule has 1 rings (SSSR count). The Morgan fingerprint density at radius 1 is 1.36 bits per heavy atom. The Labute approximate surface area is 78.9 Å². The maximum Gasteiger partial charge on any atom is 0.522 e. The standard InChI is InChI=1S/C8H11F3O3/c9-8(10,11)14-6-1-2-7(13)5(3-6)4-12/h4-7,13H,1-3H2. The molecule has 82 valence electrons. The van der Waals surface area contributed by atoms with Crippen LogP contribution in [0.15, 0.2) is 0 Å². The molecule has 0 amide bonds. The minimum Gasteiger partial charge on any atom is -0.392 e. The van der Waals surface area contributed by atoms with Crippen molar-refractivity contribution in [2.75, 3.05) is 0 Å². The molecule has 0 aromatic rings. The van der Waals surface area contributed by atoms with Crippen LogP contribution in [-0.4, -0.2) is 30.0 Å². The molecule has 1 saturated carbocycles. The van der Waals surface area contributed by atoms with Crippen molar-refractivity contribution in [3.05, 3.63) is 0 Å². The molecule has 3 atom stereocenters. The highest BCUT2D eigenvalue weighted by atomic mass is 19.4. The van der Waals surface area contributed by atoms with Crippen LogP contribution >= 0.6 is 0 Å². The molecule has 0 aromatic heterocycles. The number of carbonyl (C=O) groups is 1. The summed E-state index contributed by atoms with van der Waals surface area (Å²) in [5.74, 6) is -0.740. The zero-order chi connectivity index (χ0) is 10.8. The summed E-state index contributed by atoms with van der Waals surface area (Å²) in [4.78, 5) is 10.4. The number of hydrogen-bond donors (Lipinski definition) is 1. The van der Waals surface area contributed by atoms with E-state index in [1.165, 1.54) is 0 Å². The second kappa shape index (κ2) is 4.27. The first-order chi connectivity index (χ1) is 6.42. The van der Waals surface area contributed by atoms with Gasteiger partial charge in [-0.2, -0.15) is 0 Å². The van der Waals surface area contributed by atoms with Crippen LogP contribution in [0.25, 0.3) is 0 Å². The Morgan fingerprint density at radius 3 is 2.50 bits per heavy atom. The highest BCUT2D eigenvalue weighted by Crippen LogP contribution is 2.30. The molecule has 6 heteroatoms. The number of carbonyl (C=O) groups excluding carboxylic acids is 1. The minimum atomic E-state index is -4.67. The zero-order valence-corrected chi connectivity index (χ0v) is 7.33. The fourth-order valence-corrected chi connectivity index (χ4v) is 1.59. The van der Waals surface area contributed by atoms with Gasteiger partial charge < -0.3 is 9.90 Å². The minimum absolute atomic E-state index is 0.0653. The largest absolute Gasteiger partial charge is 0.522 e. The third-order valence-electron chi connectivity index (χ3n) is 2.29. The molecule has 0 aromatic carbocycles. The van der Waals surface area contributed by atoms with Crippen LogP contribution in [0.5, 0.6) is 0 Å². The summed E-state index contributed by atoms with van der Waals surface area (Å²) in [5, 5.41) is 9.22. The van der Waals surface area contributed by atoms with Gasteiger partial charge in [-0.05, 0) is 19.3 Å². The van der Waals surface area contributed by atoms with E-state index in [4.69, 9.17) is 0 Å². The van der Waals surface area contributed by atoms with Crippen LogP contribution in [0.4, 0.5) is 13.2 Å². The average Bonchev–Trinajstić information content (AvgIpc) is 2.06. The van der Waals surface area contributed by atoms with Crippen LogP contribution in [0.3, 0.4) is 0 Å². The normalized spacial score (nSPS) is 34.1. The van der Waals surface area contributed by atoms with E-state index < -0.39 is 24.5 Å². The van der Waals surface area contributed by atoms with Gasteiger partial charge in [0.2, 0.25) is 0 Å². The summed E-state index contributed by atoms with van der Waals surface area (Å²) in [6, 6.07) is 0. The molecule has 1 N–H and O–H groups in total. The van der Waals surface area contributed by atoms with E-state index in [0.717, 1.165) is 0 Å². The van der Waals surface area contributed by atoms with Gasteiger partial charge in [0, 0.05) is 5.92 Å². The first-order valence-electron chi connectivity index (χ1n) is 4.30. The molecule has 0 radical (unpaired) electrons. The Morgan fingerprint density at radius 2 is 2.00 bits per heavy atom. The van der Waals surface area contributed by atoms with Crippen molar-refractivity contribution in [3.8, 4) is 0 Å². The number of ether oxygens (including phenoxy) is 1. The topological polar surface area (TPSA) is 46.5 Å². The molecule has 0 saturated heterocycles. The zero-order valence-electron chi connectivity index (χ0n) is 7.33. The maximum atomic E-state index is 11.8. The van der Waals surface area contributed by atoms with E-state index >= 15 is 0 Å². The lowest BCUT2D eigenvalue weighted by atomic mass is 9.86. The van der Waals surface area contributed by atoms with Gasteiger partial charge in [0.05, 0.1) is 12.2 Å². The van der Waals surface area contributed by atoms with Crippen molar-refractivity contribution in [1.29, 1.82) is 0 Å². The molecule has 0 aliphatic heterocycles. The summed E-state index contributed by atoms with van der Waals surface area (Å²) in [6.07, 6.45) is -5.79. The molecule has 1 fully saturated rings.